The Kier molecular flexibility index (Phi) is 16.3. The summed E-state index contributed by atoms with van der Waals surface area (Å²) in [6.45, 7) is -0.0861. The molecule has 0 bridgehead atoms. The molecule has 1 aliphatic rings. The molecule has 1 heterocycles. The van der Waals surface area contributed by atoms with Crippen LogP contribution in [-0.4, -0.2) is 75.4 Å². The van der Waals surface area contributed by atoms with Gasteiger partial charge in [-0.2, -0.15) is 0 Å². The monoisotopic (exact) mass is 458 g/mol. The number of hydrogen-bond donors (Lipinski definition) is 5. The second kappa shape index (κ2) is 18.2. The van der Waals surface area contributed by atoms with Crippen LogP contribution in [0.1, 0.15) is 77.0 Å². The van der Waals surface area contributed by atoms with Crippen molar-refractivity contribution in [2.24, 2.45) is 0 Å². The minimum atomic E-state index is -1.40. The van der Waals surface area contributed by atoms with Crippen molar-refractivity contribution in [2.45, 2.75) is 108 Å². The zero-order chi connectivity index (χ0) is 23.6. The molecule has 0 spiro atoms. The van der Waals surface area contributed by atoms with Crippen LogP contribution in [0.4, 0.5) is 0 Å². The average molecular weight is 459 g/mol. The molecule has 32 heavy (non-hydrogen) atoms. The molecule has 0 aromatic carbocycles. The van der Waals surface area contributed by atoms with E-state index in [0.29, 0.717) is 6.61 Å². The van der Waals surface area contributed by atoms with Gasteiger partial charge in [-0.05, 0) is 44.9 Å². The van der Waals surface area contributed by atoms with Gasteiger partial charge in [0.2, 0.25) is 0 Å². The lowest BCUT2D eigenvalue weighted by atomic mass is 9.99. The number of aliphatic hydroxyl groups excluding tert-OH is 4. The van der Waals surface area contributed by atoms with Crippen molar-refractivity contribution in [1.82, 2.24) is 0 Å². The molecule has 8 heteroatoms. The van der Waals surface area contributed by atoms with Gasteiger partial charge in [0, 0.05) is 13.0 Å². The van der Waals surface area contributed by atoms with Gasteiger partial charge < -0.3 is 35.0 Å². The van der Waals surface area contributed by atoms with Gasteiger partial charge in [0.05, 0.1) is 6.61 Å². The maximum Gasteiger partial charge on any atom is 0.303 e. The van der Waals surface area contributed by atoms with Crippen molar-refractivity contribution in [3.05, 3.63) is 24.3 Å². The van der Waals surface area contributed by atoms with Crippen molar-refractivity contribution in [3.8, 4) is 0 Å². The summed E-state index contributed by atoms with van der Waals surface area (Å²) in [7, 11) is 0. The Labute approximate surface area is 191 Å². The number of ether oxygens (including phenoxy) is 2. The first kappa shape index (κ1) is 28.7. The Morgan fingerprint density at radius 3 is 2.00 bits per heavy atom. The van der Waals surface area contributed by atoms with Gasteiger partial charge in [-0.15, -0.1) is 0 Å². The highest BCUT2D eigenvalue weighted by Crippen LogP contribution is 2.22. The van der Waals surface area contributed by atoms with Gasteiger partial charge in [0.25, 0.3) is 0 Å². The fraction of sp³-hybridized carbons (Fsp3) is 0.792. The van der Waals surface area contributed by atoms with Crippen LogP contribution in [0.25, 0.3) is 0 Å². The largest absolute Gasteiger partial charge is 0.481 e. The molecule has 0 amide bonds. The van der Waals surface area contributed by atoms with Crippen molar-refractivity contribution < 1.29 is 39.8 Å². The minimum absolute atomic E-state index is 0.280. The molecule has 8 nitrogen and oxygen atoms in total. The third kappa shape index (κ3) is 12.7. The van der Waals surface area contributed by atoms with E-state index in [9.17, 15) is 20.1 Å². The number of carboxylic acid groups (broad SMARTS) is 1. The van der Waals surface area contributed by atoms with E-state index in [2.05, 4.69) is 24.3 Å². The van der Waals surface area contributed by atoms with Crippen LogP contribution >= 0.6 is 0 Å². The third-order valence-corrected chi connectivity index (χ3v) is 5.51. The number of carboxylic acids is 1. The Morgan fingerprint density at radius 2 is 1.38 bits per heavy atom. The summed E-state index contributed by atoms with van der Waals surface area (Å²) in [5.41, 5.74) is 0. The molecular formula is C24H42O8. The van der Waals surface area contributed by atoms with E-state index in [4.69, 9.17) is 19.7 Å². The molecule has 0 saturated carbocycles. The lowest BCUT2D eigenvalue weighted by Gasteiger charge is -2.39. The van der Waals surface area contributed by atoms with E-state index < -0.39 is 43.3 Å². The molecule has 0 aliphatic carbocycles. The smallest absolute Gasteiger partial charge is 0.303 e. The van der Waals surface area contributed by atoms with Gasteiger partial charge >= 0.3 is 5.97 Å². The van der Waals surface area contributed by atoms with E-state index in [1.807, 2.05) is 0 Å². The zero-order valence-electron chi connectivity index (χ0n) is 19.1. The molecular weight excluding hydrogens is 416 g/mol. The van der Waals surface area contributed by atoms with Gasteiger partial charge in [0.1, 0.15) is 24.4 Å². The van der Waals surface area contributed by atoms with Crippen molar-refractivity contribution in [1.29, 1.82) is 0 Å². The van der Waals surface area contributed by atoms with Crippen molar-refractivity contribution in [3.63, 3.8) is 0 Å². The Morgan fingerprint density at radius 1 is 0.781 bits per heavy atom. The summed E-state index contributed by atoms with van der Waals surface area (Å²) in [4.78, 5) is 10.4. The summed E-state index contributed by atoms with van der Waals surface area (Å²) >= 11 is 0. The third-order valence-electron chi connectivity index (χ3n) is 5.51. The number of rotatable bonds is 18. The molecule has 0 aromatic heterocycles. The molecule has 5 atom stereocenters. The van der Waals surface area contributed by atoms with E-state index in [1.165, 1.54) is 0 Å². The molecule has 186 valence electrons. The Bertz CT molecular complexity index is 534. The first-order chi connectivity index (χ1) is 15.5. The van der Waals surface area contributed by atoms with Crippen LogP contribution in [-0.2, 0) is 14.3 Å². The van der Waals surface area contributed by atoms with Gasteiger partial charge in [-0.25, -0.2) is 0 Å². The van der Waals surface area contributed by atoms with Crippen LogP contribution in [0, 0.1) is 0 Å². The number of carbonyl (C=O) groups is 1. The predicted molar refractivity (Wildman–Crippen MR) is 121 cm³/mol. The van der Waals surface area contributed by atoms with Crippen LogP contribution in [0.3, 0.4) is 0 Å². The minimum Gasteiger partial charge on any atom is -0.481 e. The van der Waals surface area contributed by atoms with Crippen molar-refractivity contribution in [2.75, 3.05) is 13.2 Å². The number of allylic oxidation sites excluding steroid dienone is 4. The molecule has 5 unspecified atom stereocenters. The first-order valence-corrected chi connectivity index (χ1v) is 11.9. The molecule has 1 aliphatic heterocycles. The van der Waals surface area contributed by atoms with E-state index in [0.717, 1.165) is 70.6 Å². The van der Waals surface area contributed by atoms with Crippen LogP contribution in [0.15, 0.2) is 24.3 Å². The summed E-state index contributed by atoms with van der Waals surface area (Å²) in [5.74, 6) is -0.707. The van der Waals surface area contributed by atoms with Crippen LogP contribution in [0.5, 0.6) is 0 Å². The normalized spacial score (nSPS) is 26.3. The quantitative estimate of drug-likeness (QED) is 0.156. The van der Waals surface area contributed by atoms with E-state index >= 15 is 0 Å². The Hall–Kier alpha value is -1.29. The maximum absolute atomic E-state index is 10.4. The summed E-state index contributed by atoms with van der Waals surface area (Å²) in [6, 6.07) is 0. The lowest BCUT2D eigenvalue weighted by Crippen LogP contribution is -2.59. The highest BCUT2D eigenvalue weighted by Gasteiger charge is 2.43. The molecule has 0 radical (unpaired) electrons. The molecule has 1 saturated heterocycles. The average Bonchev–Trinajstić information content (AvgIpc) is 2.77. The second-order valence-electron chi connectivity index (χ2n) is 8.30. The fourth-order valence-electron chi connectivity index (χ4n) is 3.52. The van der Waals surface area contributed by atoms with E-state index in [-0.39, 0.29) is 6.42 Å². The maximum atomic E-state index is 10.4. The van der Waals surface area contributed by atoms with Gasteiger partial charge in [-0.1, -0.05) is 50.0 Å². The standard InChI is InChI=1S/C24H42O8/c25-18-19-21(28)22(29)23(30)24(32-19)31-17-15-13-11-9-7-5-3-1-2-4-6-8-10-12-14-16-20(26)27/h1-2,5,7,19,21-25,28-30H,3-4,6,8-18H2,(H,26,27). The number of unbranched alkanes of at least 4 members (excludes halogenated alkanes) is 8. The summed E-state index contributed by atoms with van der Waals surface area (Å²) in [6.07, 6.45) is 13.9. The predicted octanol–water partition coefficient (Wildman–Crippen LogP) is 2.68. The van der Waals surface area contributed by atoms with E-state index in [1.54, 1.807) is 0 Å². The topological polar surface area (TPSA) is 137 Å². The molecule has 1 rings (SSSR count). The SMILES string of the molecule is O=C(O)CCCCCCCC=CCC=CCCCCCOC1OC(CO)C(O)C(O)C1O. The van der Waals surface area contributed by atoms with Gasteiger partial charge in [0.15, 0.2) is 6.29 Å². The number of aliphatic hydroxyl groups is 4. The summed E-state index contributed by atoms with van der Waals surface area (Å²) < 4.78 is 10.8. The second-order valence-corrected chi connectivity index (χ2v) is 8.30. The fourth-order valence-corrected chi connectivity index (χ4v) is 3.52. The zero-order valence-corrected chi connectivity index (χ0v) is 19.1. The van der Waals surface area contributed by atoms with Crippen LogP contribution in [0.2, 0.25) is 0 Å². The number of hydrogen-bond acceptors (Lipinski definition) is 7. The summed E-state index contributed by atoms with van der Waals surface area (Å²) in [5, 5.41) is 47.1. The van der Waals surface area contributed by atoms with Crippen molar-refractivity contribution >= 4 is 5.97 Å². The number of aliphatic carboxylic acids is 1. The Balaban J connectivity index is 1.94. The molecule has 1 fully saturated rings. The molecule has 5 N–H and O–H groups in total. The highest BCUT2D eigenvalue weighted by molar-refractivity contribution is 5.66. The highest BCUT2D eigenvalue weighted by atomic mass is 16.7. The molecule has 0 aromatic rings. The van der Waals surface area contributed by atoms with Crippen LogP contribution < -0.4 is 0 Å². The lowest BCUT2D eigenvalue weighted by molar-refractivity contribution is -0.301. The van der Waals surface area contributed by atoms with Gasteiger partial charge in [-0.3, -0.25) is 4.79 Å². The first-order valence-electron chi connectivity index (χ1n) is 11.9.